The highest BCUT2D eigenvalue weighted by Crippen LogP contribution is 2.39. The number of amides is 2. The van der Waals surface area contributed by atoms with E-state index in [2.05, 4.69) is 33.0 Å². The molecule has 25 heavy (non-hydrogen) atoms. The number of hydrogen-bond donors (Lipinski definition) is 2. The maximum Gasteiger partial charge on any atom is 0.226 e. The van der Waals surface area contributed by atoms with Crippen LogP contribution in [0, 0.1) is 22.2 Å². The van der Waals surface area contributed by atoms with Gasteiger partial charge in [-0.05, 0) is 37.5 Å². The van der Waals surface area contributed by atoms with E-state index in [0.717, 1.165) is 0 Å². The van der Waals surface area contributed by atoms with E-state index in [1.807, 2.05) is 20.8 Å². The lowest BCUT2D eigenvalue weighted by atomic mass is 9.69. The standard InChI is InChI=1S/C20H38N2O3/c1-10-20(9,16(21)24)11-15(14(4)23)22-17(25)19(7,8)12-18(5,6)13(2)3/h13,15H,10-12H2,1-9H3,(H2,21,24)(H,22,25). The summed E-state index contributed by atoms with van der Waals surface area (Å²) in [4.78, 5) is 36.6. The number of hydrogen-bond acceptors (Lipinski definition) is 3. The van der Waals surface area contributed by atoms with Crippen LogP contribution in [0.4, 0.5) is 0 Å². The number of carbonyl (C=O) groups is 3. The van der Waals surface area contributed by atoms with Gasteiger partial charge in [-0.3, -0.25) is 14.4 Å². The Labute approximate surface area is 153 Å². The first-order valence-corrected chi connectivity index (χ1v) is 9.20. The maximum atomic E-state index is 12.8. The smallest absolute Gasteiger partial charge is 0.226 e. The zero-order valence-electron chi connectivity index (χ0n) is 17.6. The molecule has 0 saturated carbocycles. The molecule has 0 aliphatic heterocycles. The molecule has 0 fully saturated rings. The summed E-state index contributed by atoms with van der Waals surface area (Å²) >= 11 is 0. The summed E-state index contributed by atoms with van der Waals surface area (Å²) in [6, 6.07) is -0.702. The van der Waals surface area contributed by atoms with Crippen LogP contribution >= 0.6 is 0 Å². The van der Waals surface area contributed by atoms with E-state index in [1.165, 1.54) is 6.92 Å². The van der Waals surface area contributed by atoms with Gasteiger partial charge in [-0.2, -0.15) is 0 Å². The van der Waals surface area contributed by atoms with Gasteiger partial charge in [0.1, 0.15) is 0 Å². The van der Waals surface area contributed by atoms with Crippen molar-refractivity contribution in [2.24, 2.45) is 27.9 Å². The minimum atomic E-state index is -0.815. The quantitative estimate of drug-likeness (QED) is 0.629. The Hall–Kier alpha value is -1.39. The maximum absolute atomic E-state index is 12.8. The topological polar surface area (TPSA) is 89.3 Å². The predicted molar refractivity (Wildman–Crippen MR) is 102 cm³/mol. The van der Waals surface area contributed by atoms with Crippen molar-refractivity contribution in [3.8, 4) is 0 Å². The fourth-order valence-electron chi connectivity index (χ4n) is 2.94. The molecular formula is C20H38N2O3. The Kier molecular flexibility index (Phi) is 7.86. The number of nitrogens with two attached hydrogens (primary N) is 1. The molecule has 3 N–H and O–H groups in total. The summed E-state index contributed by atoms with van der Waals surface area (Å²) in [5, 5.41) is 2.87. The monoisotopic (exact) mass is 354 g/mol. The first-order chi connectivity index (χ1) is 11.1. The van der Waals surface area contributed by atoms with Crippen LogP contribution in [0.2, 0.25) is 0 Å². The van der Waals surface area contributed by atoms with Gasteiger partial charge in [0.25, 0.3) is 0 Å². The van der Waals surface area contributed by atoms with Gasteiger partial charge in [-0.25, -0.2) is 0 Å². The van der Waals surface area contributed by atoms with Crippen LogP contribution in [-0.4, -0.2) is 23.6 Å². The SMILES string of the molecule is CCC(C)(CC(NC(=O)C(C)(C)CC(C)(C)C(C)C)C(C)=O)C(N)=O. The van der Waals surface area contributed by atoms with Crippen LogP contribution in [0.3, 0.4) is 0 Å². The van der Waals surface area contributed by atoms with E-state index in [1.54, 1.807) is 6.92 Å². The van der Waals surface area contributed by atoms with Crippen LogP contribution in [0.15, 0.2) is 0 Å². The fraction of sp³-hybridized carbons (Fsp3) is 0.850. The van der Waals surface area contributed by atoms with Crippen molar-refractivity contribution >= 4 is 17.6 Å². The molecule has 0 spiro atoms. The van der Waals surface area contributed by atoms with E-state index in [-0.39, 0.29) is 23.5 Å². The van der Waals surface area contributed by atoms with Crippen molar-refractivity contribution < 1.29 is 14.4 Å². The molecule has 5 nitrogen and oxygen atoms in total. The molecule has 0 aromatic heterocycles. The van der Waals surface area contributed by atoms with Gasteiger partial charge in [0, 0.05) is 10.8 Å². The third kappa shape index (κ3) is 6.44. The van der Waals surface area contributed by atoms with E-state index in [0.29, 0.717) is 18.8 Å². The molecule has 5 heteroatoms. The highest BCUT2D eigenvalue weighted by Gasteiger charge is 2.39. The summed E-state index contributed by atoms with van der Waals surface area (Å²) < 4.78 is 0. The van der Waals surface area contributed by atoms with Gasteiger partial charge in [-0.1, -0.05) is 55.4 Å². The molecule has 0 radical (unpaired) electrons. The fourth-order valence-corrected chi connectivity index (χ4v) is 2.94. The molecule has 0 rings (SSSR count). The van der Waals surface area contributed by atoms with Crippen molar-refractivity contribution in [2.75, 3.05) is 0 Å². The first-order valence-electron chi connectivity index (χ1n) is 9.20. The second kappa shape index (κ2) is 8.33. The van der Waals surface area contributed by atoms with E-state index in [9.17, 15) is 14.4 Å². The largest absolute Gasteiger partial charge is 0.369 e. The molecule has 2 unspecified atom stereocenters. The minimum absolute atomic E-state index is 0.00226. The second-order valence-electron chi connectivity index (χ2n) is 9.32. The molecule has 146 valence electrons. The molecule has 0 saturated heterocycles. The molecular weight excluding hydrogens is 316 g/mol. The van der Waals surface area contributed by atoms with Gasteiger partial charge >= 0.3 is 0 Å². The zero-order valence-corrected chi connectivity index (χ0v) is 17.6. The Bertz CT molecular complexity index is 509. The number of rotatable bonds is 10. The molecule has 0 aliphatic rings. The Morgan fingerprint density at radius 2 is 1.52 bits per heavy atom. The third-order valence-corrected chi connectivity index (χ3v) is 5.90. The normalized spacial score (nSPS) is 16.2. The van der Waals surface area contributed by atoms with Crippen LogP contribution in [0.5, 0.6) is 0 Å². The second-order valence-corrected chi connectivity index (χ2v) is 9.32. The van der Waals surface area contributed by atoms with E-state index in [4.69, 9.17) is 5.73 Å². The van der Waals surface area contributed by atoms with Gasteiger partial charge in [0.05, 0.1) is 6.04 Å². The predicted octanol–water partition coefficient (Wildman–Crippen LogP) is 3.45. The minimum Gasteiger partial charge on any atom is -0.369 e. The van der Waals surface area contributed by atoms with Gasteiger partial charge < -0.3 is 11.1 Å². The van der Waals surface area contributed by atoms with E-state index >= 15 is 0 Å². The van der Waals surface area contributed by atoms with Gasteiger partial charge in [-0.15, -0.1) is 0 Å². The molecule has 0 aromatic carbocycles. The van der Waals surface area contributed by atoms with Gasteiger partial charge in [0.2, 0.25) is 11.8 Å². The zero-order chi connectivity index (χ0) is 20.2. The molecule has 0 aromatic rings. The number of nitrogens with one attached hydrogen (secondary N) is 1. The Morgan fingerprint density at radius 3 is 1.84 bits per heavy atom. The third-order valence-electron chi connectivity index (χ3n) is 5.90. The molecule has 2 amide bonds. The number of carbonyl (C=O) groups excluding carboxylic acids is 3. The molecule has 0 heterocycles. The van der Waals surface area contributed by atoms with E-state index < -0.39 is 22.8 Å². The Balaban J connectivity index is 5.30. The summed E-state index contributed by atoms with van der Waals surface area (Å²) in [5.74, 6) is -0.338. The average Bonchev–Trinajstić information content (AvgIpc) is 2.44. The summed E-state index contributed by atoms with van der Waals surface area (Å²) in [6.07, 6.45) is 1.45. The van der Waals surface area contributed by atoms with Crippen molar-refractivity contribution in [1.29, 1.82) is 0 Å². The highest BCUT2D eigenvalue weighted by molar-refractivity contribution is 5.90. The highest BCUT2D eigenvalue weighted by atomic mass is 16.2. The lowest BCUT2D eigenvalue weighted by Crippen LogP contribution is -2.50. The van der Waals surface area contributed by atoms with Crippen LogP contribution in [0.1, 0.15) is 81.6 Å². The Morgan fingerprint density at radius 1 is 1.04 bits per heavy atom. The van der Waals surface area contributed by atoms with Crippen LogP contribution in [-0.2, 0) is 14.4 Å². The summed E-state index contributed by atoms with van der Waals surface area (Å²) in [5.41, 5.74) is 4.07. The number of Topliss-reactive ketones (excluding diaryl/α,β-unsaturated/α-hetero) is 1. The van der Waals surface area contributed by atoms with Crippen LogP contribution in [0.25, 0.3) is 0 Å². The van der Waals surface area contributed by atoms with Gasteiger partial charge in [0.15, 0.2) is 5.78 Å². The molecule has 2 atom stereocenters. The molecule has 0 bridgehead atoms. The lowest BCUT2D eigenvalue weighted by Gasteiger charge is -2.38. The number of primary amides is 1. The molecule has 0 aliphatic carbocycles. The number of ketones is 1. The lowest BCUT2D eigenvalue weighted by molar-refractivity contribution is -0.136. The van der Waals surface area contributed by atoms with Crippen molar-refractivity contribution in [3.63, 3.8) is 0 Å². The first kappa shape index (κ1) is 23.6. The van der Waals surface area contributed by atoms with Crippen molar-refractivity contribution in [2.45, 2.75) is 87.6 Å². The van der Waals surface area contributed by atoms with Crippen molar-refractivity contribution in [1.82, 2.24) is 5.32 Å². The summed E-state index contributed by atoms with van der Waals surface area (Å²) in [6.45, 7) is 17.4. The van der Waals surface area contributed by atoms with Crippen molar-refractivity contribution in [3.05, 3.63) is 0 Å². The summed E-state index contributed by atoms with van der Waals surface area (Å²) in [7, 11) is 0. The average molecular weight is 355 g/mol. The van der Waals surface area contributed by atoms with Crippen LogP contribution < -0.4 is 11.1 Å².